The van der Waals surface area contributed by atoms with Crippen LogP contribution in [0.15, 0.2) is 0 Å². The van der Waals surface area contributed by atoms with E-state index in [2.05, 4.69) is 26.9 Å². The average molecular weight is 305 g/mol. The summed E-state index contributed by atoms with van der Waals surface area (Å²) in [6, 6.07) is 2.30. The Labute approximate surface area is 124 Å². The summed E-state index contributed by atoms with van der Waals surface area (Å²) in [4.78, 5) is 10.5. The normalized spacial score (nSPS) is 14.1. The van der Waals surface area contributed by atoms with Gasteiger partial charge in [0.05, 0.1) is 20.3 Å². The van der Waals surface area contributed by atoms with Crippen LogP contribution >= 0.6 is 0 Å². The highest BCUT2D eigenvalue weighted by Gasteiger charge is 2.23. The van der Waals surface area contributed by atoms with E-state index in [0.29, 0.717) is 6.61 Å². The van der Waals surface area contributed by atoms with E-state index in [-0.39, 0.29) is 11.6 Å². The van der Waals surface area contributed by atoms with E-state index in [1.165, 1.54) is 0 Å². The highest BCUT2D eigenvalue weighted by molar-refractivity contribution is 6.77. The van der Waals surface area contributed by atoms with Crippen LogP contribution in [-0.2, 0) is 9.47 Å². The van der Waals surface area contributed by atoms with Crippen molar-refractivity contribution in [2.45, 2.75) is 69.9 Å². The Bertz CT molecular complexity index is 296. The minimum absolute atomic E-state index is 0.0973. The number of hydrogen-bond donors (Lipinski definition) is 2. The largest absolute Gasteiger partial charge is 0.450 e. The second-order valence-electron chi connectivity index (χ2n) is 6.88. The number of primary amides is 1. The van der Waals surface area contributed by atoms with Gasteiger partial charge in [-0.25, -0.2) is 4.79 Å². The first-order valence-corrected chi connectivity index (χ1v) is 10.7. The van der Waals surface area contributed by atoms with E-state index in [1.807, 2.05) is 0 Å². The summed E-state index contributed by atoms with van der Waals surface area (Å²) in [7, 11) is 0.376. The topological polar surface area (TPSA) is 87.6 Å². The Kier molecular flexibility index (Phi) is 8.38. The van der Waals surface area contributed by atoms with E-state index < -0.39 is 14.2 Å². The number of ether oxygens (including phenoxy) is 2. The quantitative estimate of drug-likeness (QED) is 0.607. The predicted octanol–water partition coefficient (Wildman–Crippen LogP) is 2.71. The molecule has 0 aromatic rings. The lowest BCUT2D eigenvalue weighted by Crippen LogP contribution is -2.33. The molecule has 0 aromatic heterocycles. The Hall–Kier alpha value is -0.593. The molecule has 6 heteroatoms. The van der Waals surface area contributed by atoms with Crippen molar-refractivity contribution in [2.75, 3.05) is 13.7 Å². The lowest BCUT2D eigenvalue weighted by atomic mass is 9.98. The minimum atomic E-state index is -1.36. The molecule has 0 radical (unpaired) electrons. The highest BCUT2D eigenvalue weighted by atomic mass is 28.3. The molecule has 0 spiro atoms. The molecule has 0 heterocycles. The summed E-state index contributed by atoms with van der Waals surface area (Å²) in [5, 5.41) is 0. The third-order valence-electron chi connectivity index (χ3n) is 3.88. The molecule has 4 N–H and O–H groups in total. The molecule has 1 atom stereocenters. The molecule has 0 unspecified atom stereocenters. The molecular weight excluding hydrogens is 272 g/mol. The van der Waals surface area contributed by atoms with Gasteiger partial charge >= 0.3 is 6.09 Å². The van der Waals surface area contributed by atoms with Crippen molar-refractivity contribution in [1.82, 2.24) is 0 Å². The maximum Gasteiger partial charge on any atom is 0.404 e. The molecule has 20 heavy (non-hydrogen) atoms. The summed E-state index contributed by atoms with van der Waals surface area (Å²) < 4.78 is 10.2. The number of nitrogens with two attached hydrogens (primary N) is 2. The third kappa shape index (κ3) is 10.2. The summed E-state index contributed by atoms with van der Waals surface area (Å²) in [5.74, 6) is 0. The minimum Gasteiger partial charge on any atom is -0.450 e. The van der Waals surface area contributed by atoms with E-state index in [9.17, 15) is 4.79 Å². The highest BCUT2D eigenvalue weighted by Crippen LogP contribution is 2.22. The molecule has 5 nitrogen and oxygen atoms in total. The predicted molar refractivity (Wildman–Crippen MR) is 85.5 cm³/mol. The van der Waals surface area contributed by atoms with Gasteiger partial charge in [-0.2, -0.15) is 0 Å². The van der Waals surface area contributed by atoms with Crippen molar-refractivity contribution in [1.29, 1.82) is 0 Å². The first-order chi connectivity index (χ1) is 9.08. The summed E-state index contributed by atoms with van der Waals surface area (Å²) >= 11 is 0. The molecule has 0 saturated heterocycles. The fraction of sp³-hybridized carbons (Fsp3) is 0.929. The van der Waals surface area contributed by atoms with Crippen LogP contribution in [-0.4, -0.2) is 39.5 Å². The van der Waals surface area contributed by atoms with E-state index in [1.54, 1.807) is 7.11 Å². The maximum atomic E-state index is 10.5. The molecular formula is C14H32N2O3Si. The first-order valence-electron chi connectivity index (χ1n) is 7.31. The van der Waals surface area contributed by atoms with Crippen LogP contribution in [0.2, 0.25) is 25.2 Å². The van der Waals surface area contributed by atoms with Crippen molar-refractivity contribution in [3.63, 3.8) is 0 Å². The number of carbonyl (C=O) groups excluding carboxylic acids is 1. The van der Waals surface area contributed by atoms with Gasteiger partial charge in [0.2, 0.25) is 0 Å². The zero-order chi connectivity index (χ0) is 15.8. The molecule has 0 saturated carbocycles. The van der Waals surface area contributed by atoms with Gasteiger partial charge in [0.1, 0.15) is 0 Å². The van der Waals surface area contributed by atoms with Gasteiger partial charge in [0, 0.05) is 13.2 Å². The lowest BCUT2D eigenvalue weighted by molar-refractivity contribution is 0.0124. The molecule has 0 rings (SSSR count). The first kappa shape index (κ1) is 19.4. The van der Waals surface area contributed by atoms with Crippen molar-refractivity contribution < 1.29 is 14.3 Å². The van der Waals surface area contributed by atoms with Crippen molar-refractivity contribution in [3.8, 4) is 0 Å². The second kappa shape index (κ2) is 8.64. The monoisotopic (exact) mass is 304 g/mol. The smallest absolute Gasteiger partial charge is 0.404 e. The standard InChI is InChI=1S/C14H32N2O3Si/c1-14(2,18-3)8-6-12(15)7-10-20(4,5)11-9-19-13(16)17/h12H,6-11,15H2,1-5H3,(H2,16,17)/t12-/m0/s1. The van der Waals surface area contributed by atoms with Gasteiger partial charge in [0.15, 0.2) is 0 Å². The number of methoxy groups -OCH3 is 1. The Morgan fingerprint density at radius 1 is 1.25 bits per heavy atom. The van der Waals surface area contributed by atoms with E-state index >= 15 is 0 Å². The molecule has 0 aliphatic carbocycles. The molecule has 120 valence electrons. The van der Waals surface area contributed by atoms with Crippen LogP contribution in [0.3, 0.4) is 0 Å². The van der Waals surface area contributed by atoms with Gasteiger partial charge in [-0.05, 0) is 39.2 Å². The van der Waals surface area contributed by atoms with Crippen LogP contribution < -0.4 is 11.5 Å². The van der Waals surface area contributed by atoms with Gasteiger partial charge in [0.25, 0.3) is 0 Å². The number of amides is 1. The SMILES string of the molecule is COC(C)(C)CC[C@H](N)CC[Si](C)(C)CCOC(N)=O. The molecule has 0 aromatic carbocycles. The zero-order valence-corrected chi connectivity index (χ0v) is 14.7. The summed E-state index contributed by atoms with van der Waals surface area (Å²) in [6.45, 7) is 9.19. The van der Waals surface area contributed by atoms with Crippen LogP contribution in [0, 0.1) is 0 Å². The Morgan fingerprint density at radius 3 is 2.35 bits per heavy atom. The molecule has 0 fully saturated rings. The number of carbonyl (C=O) groups is 1. The molecule has 0 aliphatic heterocycles. The van der Waals surface area contributed by atoms with Crippen LogP contribution in [0.5, 0.6) is 0 Å². The Morgan fingerprint density at radius 2 is 1.85 bits per heavy atom. The van der Waals surface area contributed by atoms with E-state index in [0.717, 1.165) is 31.4 Å². The van der Waals surface area contributed by atoms with Crippen LogP contribution in [0.25, 0.3) is 0 Å². The maximum absolute atomic E-state index is 10.5. The number of hydrogen-bond acceptors (Lipinski definition) is 4. The number of rotatable bonds is 10. The fourth-order valence-corrected chi connectivity index (χ4v) is 3.97. The summed E-state index contributed by atoms with van der Waals surface area (Å²) in [5.41, 5.74) is 11.0. The van der Waals surface area contributed by atoms with Crippen LogP contribution in [0.4, 0.5) is 4.79 Å². The third-order valence-corrected chi connectivity index (χ3v) is 7.08. The van der Waals surface area contributed by atoms with Gasteiger partial charge in [-0.1, -0.05) is 19.1 Å². The van der Waals surface area contributed by atoms with Crippen molar-refractivity contribution in [2.24, 2.45) is 11.5 Å². The molecule has 0 bridgehead atoms. The lowest BCUT2D eigenvalue weighted by Gasteiger charge is -2.27. The fourth-order valence-electron chi connectivity index (χ4n) is 1.91. The van der Waals surface area contributed by atoms with Crippen molar-refractivity contribution >= 4 is 14.2 Å². The van der Waals surface area contributed by atoms with E-state index in [4.69, 9.17) is 20.9 Å². The average Bonchev–Trinajstić information content (AvgIpc) is 2.33. The molecule has 1 amide bonds. The van der Waals surface area contributed by atoms with Gasteiger partial charge < -0.3 is 20.9 Å². The second-order valence-corrected chi connectivity index (χ2v) is 12.2. The zero-order valence-electron chi connectivity index (χ0n) is 13.7. The summed E-state index contributed by atoms with van der Waals surface area (Å²) in [6.07, 6.45) is 2.28. The van der Waals surface area contributed by atoms with Crippen molar-refractivity contribution in [3.05, 3.63) is 0 Å². The Balaban J connectivity index is 3.91. The van der Waals surface area contributed by atoms with Gasteiger partial charge in [-0.15, -0.1) is 0 Å². The molecule has 0 aliphatic rings. The van der Waals surface area contributed by atoms with Crippen LogP contribution in [0.1, 0.15) is 33.1 Å². The van der Waals surface area contributed by atoms with Gasteiger partial charge in [-0.3, -0.25) is 0 Å².